The van der Waals surface area contributed by atoms with Crippen LogP contribution in [0.2, 0.25) is 0 Å². The smallest absolute Gasteiger partial charge is 0.419 e. The van der Waals surface area contributed by atoms with E-state index in [2.05, 4.69) is 15.9 Å². The first-order chi connectivity index (χ1) is 8.53. The first kappa shape index (κ1) is 13.1. The minimum Gasteiger partial charge on any atom is -0.443 e. The van der Waals surface area contributed by atoms with Gasteiger partial charge in [0.2, 0.25) is 0 Å². The number of aromatic nitrogens is 1. The van der Waals surface area contributed by atoms with E-state index in [0.717, 1.165) is 22.7 Å². The summed E-state index contributed by atoms with van der Waals surface area (Å²) in [5.41, 5.74) is 0.406. The van der Waals surface area contributed by atoms with Crippen LogP contribution in [0.15, 0.2) is 36.5 Å². The van der Waals surface area contributed by atoms with E-state index >= 15 is 0 Å². The molecule has 0 bridgehead atoms. The summed E-state index contributed by atoms with van der Waals surface area (Å²) in [6, 6.07) is 9.66. The van der Waals surface area contributed by atoms with Crippen LogP contribution in [0.3, 0.4) is 0 Å². The van der Waals surface area contributed by atoms with E-state index in [1.54, 1.807) is 10.8 Å². The molecular weight excluding hydrogens is 294 g/mol. The summed E-state index contributed by atoms with van der Waals surface area (Å²) >= 11 is 3.37. The van der Waals surface area contributed by atoms with Gasteiger partial charge in [-0.3, -0.25) is 4.57 Å². The van der Waals surface area contributed by atoms with Gasteiger partial charge in [0.05, 0.1) is 5.52 Å². The zero-order valence-electron chi connectivity index (χ0n) is 10.5. The Balaban J connectivity index is 2.24. The van der Waals surface area contributed by atoms with Crippen LogP contribution in [-0.4, -0.2) is 21.6 Å². The van der Waals surface area contributed by atoms with Crippen LogP contribution < -0.4 is 0 Å². The molecule has 3 nitrogen and oxygen atoms in total. The quantitative estimate of drug-likeness (QED) is 0.796. The van der Waals surface area contributed by atoms with Crippen molar-refractivity contribution in [1.29, 1.82) is 0 Å². The standard InChI is InChI=1S/C14H16BrNO2/c1-14(2,8-9-15)18-13(17)16-10-7-11-5-3-4-6-12(11)16/h3-7,10H,8-9H2,1-2H3. The normalized spacial score (nSPS) is 11.7. The van der Waals surface area contributed by atoms with Crippen molar-refractivity contribution >= 4 is 32.9 Å². The molecule has 0 aliphatic carbocycles. The number of rotatable bonds is 3. The van der Waals surface area contributed by atoms with Crippen LogP contribution in [0.25, 0.3) is 10.9 Å². The molecule has 0 aliphatic rings. The third-order valence-electron chi connectivity index (χ3n) is 2.86. The molecule has 0 radical (unpaired) electrons. The molecule has 0 N–H and O–H groups in total. The van der Waals surface area contributed by atoms with E-state index in [9.17, 15) is 4.79 Å². The summed E-state index contributed by atoms with van der Waals surface area (Å²) in [5.74, 6) is 0. The molecule has 96 valence electrons. The molecule has 2 rings (SSSR count). The molecule has 0 amide bonds. The number of fused-ring (bicyclic) bond motifs is 1. The van der Waals surface area contributed by atoms with Gasteiger partial charge in [-0.15, -0.1) is 0 Å². The second-order valence-electron chi connectivity index (χ2n) is 4.81. The van der Waals surface area contributed by atoms with Crippen molar-refractivity contribution in [1.82, 2.24) is 4.57 Å². The van der Waals surface area contributed by atoms with Crippen LogP contribution in [0.1, 0.15) is 20.3 Å². The Labute approximate surface area is 115 Å². The predicted molar refractivity (Wildman–Crippen MR) is 76.3 cm³/mol. The van der Waals surface area contributed by atoms with Crippen LogP contribution in [0, 0.1) is 0 Å². The summed E-state index contributed by atoms with van der Waals surface area (Å²) in [5, 5.41) is 1.84. The molecule has 0 atom stereocenters. The number of alkyl halides is 1. The van der Waals surface area contributed by atoms with Crippen LogP contribution >= 0.6 is 15.9 Å². The summed E-state index contributed by atoms with van der Waals surface area (Å²) in [7, 11) is 0. The van der Waals surface area contributed by atoms with Gasteiger partial charge in [0.1, 0.15) is 5.60 Å². The highest BCUT2D eigenvalue weighted by Crippen LogP contribution is 2.20. The predicted octanol–water partition coefficient (Wildman–Crippen LogP) is 4.19. The lowest BCUT2D eigenvalue weighted by molar-refractivity contribution is 0.0389. The van der Waals surface area contributed by atoms with Crippen LogP contribution in [0.4, 0.5) is 4.79 Å². The fourth-order valence-corrected chi connectivity index (χ4v) is 2.76. The van der Waals surface area contributed by atoms with Crippen LogP contribution in [-0.2, 0) is 4.74 Å². The van der Waals surface area contributed by atoms with Gasteiger partial charge in [-0.2, -0.15) is 0 Å². The number of carbonyl (C=O) groups is 1. The fraction of sp³-hybridized carbons (Fsp3) is 0.357. The molecule has 1 aromatic heterocycles. The zero-order chi connectivity index (χ0) is 13.2. The molecule has 18 heavy (non-hydrogen) atoms. The van der Waals surface area contributed by atoms with Gasteiger partial charge in [0, 0.05) is 16.9 Å². The Hall–Kier alpha value is -1.29. The highest BCUT2D eigenvalue weighted by Gasteiger charge is 2.23. The molecule has 1 heterocycles. The molecule has 0 aliphatic heterocycles. The molecule has 0 fully saturated rings. The average molecular weight is 310 g/mol. The summed E-state index contributed by atoms with van der Waals surface area (Å²) in [6.07, 6.45) is 2.19. The Kier molecular flexibility index (Phi) is 3.76. The lowest BCUT2D eigenvalue weighted by Gasteiger charge is -2.24. The van der Waals surface area contributed by atoms with E-state index in [-0.39, 0.29) is 6.09 Å². The van der Waals surface area contributed by atoms with E-state index in [4.69, 9.17) is 4.74 Å². The maximum absolute atomic E-state index is 12.1. The van der Waals surface area contributed by atoms with Crippen molar-refractivity contribution in [2.24, 2.45) is 0 Å². The number of halogens is 1. The maximum atomic E-state index is 12.1. The SMILES string of the molecule is CC(C)(CCBr)OC(=O)n1ccc2ccccc21. The summed E-state index contributed by atoms with van der Waals surface area (Å²) in [6.45, 7) is 3.83. The molecule has 1 aromatic carbocycles. The van der Waals surface area contributed by atoms with Gasteiger partial charge >= 0.3 is 6.09 Å². The Morgan fingerprint density at radius 1 is 1.33 bits per heavy atom. The van der Waals surface area contributed by atoms with Crippen molar-refractivity contribution in [2.45, 2.75) is 25.9 Å². The van der Waals surface area contributed by atoms with E-state index in [1.807, 2.05) is 44.2 Å². The number of benzene rings is 1. The summed E-state index contributed by atoms with van der Waals surface area (Å²) < 4.78 is 7.07. The molecule has 0 saturated heterocycles. The van der Waals surface area contributed by atoms with Gasteiger partial charge in [0.15, 0.2) is 0 Å². The van der Waals surface area contributed by atoms with Crippen molar-refractivity contribution in [3.63, 3.8) is 0 Å². The Morgan fingerprint density at radius 3 is 2.78 bits per heavy atom. The first-order valence-electron chi connectivity index (χ1n) is 5.89. The van der Waals surface area contributed by atoms with E-state index in [0.29, 0.717) is 0 Å². The van der Waals surface area contributed by atoms with Crippen molar-refractivity contribution in [3.05, 3.63) is 36.5 Å². The Bertz CT molecular complexity index is 560. The minimum atomic E-state index is -0.466. The number of carbonyl (C=O) groups excluding carboxylic acids is 1. The molecule has 0 spiro atoms. The minimum absolute atomic E-state index is 0.331. The van der Waals surface area contributed by atoms with Gasteiger partial charge in [-0.1, -0.05) is 34.1 Å². The largest absolute Gasteiger partial charge is 0.443 e. The molecule has 0 unspecified atom stereocenters. The molecule has 0 saturated carbocycles. The van der Waals surface area contributed by atoms with Crippen molar-refractivity contribution in [2.75, 3.05) is 5.33 Å². The topological polar surface area (TPSA) is 31.2 Å². The monoisotopic (exact) mass is 309 g/mol. The number of para-hydroxylation sites is 1. The lowest BCUT2D eigenvalue weighted by atomic mass is 10.1. The van der Waals surface area contributed by atoms with Crippen molar-refractivity contribution < 1.29 is 9.53 Å². The van der Waals surface area contributed by atoms with Crippen LogP contribution in [0.5, 0.6) is 0 Å². The van der Waals surface area contributed by atoms with E-state index in [1.165, 1.54) is 0 Å². The lowest BCUT2D eigenvalue weighted by Crippen LogP contribution is -2.30. The zero-order valence-corrected chi connectivity index (χ0v) is 12.1. The maximum Gasteiger partial charge on any atom is 0.419 e. The first-order valence-corrected chi connectivity index (χ1v) is 7.01. The fourth-order valence-electron chi connectivity index (χ4n) is 1.81. The number of hydrogen-bond donors (Lipinski definition) is 0. The van der Waals surface area contributed by atoms with Gasteiger partial charge in [-0.05, 0) is 32.4 Å². The number of nitrogens with zero attached hydrogens (tertiary/aromatic N) is 1. The Morgan fingerprint density at radius 2 is 2.06 bits per heavy atom. The third kappa shape index (κ3) is 2.75. The molecule has 4 heteroatoms. The molecule has 2 aromatic rings. The van der Waals surface area contributed by atoms with Gasteiger partial charge in [0.25, 0.3) is 0 Å². The second kappa shape index (κ2) is 5.14. The van der Waals surface area contributed by atoms with E-state index < -0.39 is 5.60 Å². The number of hydrogen-bond acceptors (Lipinski definition) is 2. The number of ether oxygens (including phenoxy) is 1. The summed E-state index contributed by atoms with van der Waals surface area (Å²) in [4.78, 5) is 12.1. The van der Waals surface area contributed by atoms with Gasteiger partial charge < -0.3 is 4.74 Å². The van der Waals surface area contributed by atoms with Crippen molar-refractivity contribution in [3.8, 4) is 0 Å². The highest BCUT2D eigenvalue weighted by atomic mass is 79.9. The second-order valence-corrected chi connectivity index (χ2v) is 5.60. The highest BCUT2D eigenvalue weighted by molar-refractivity contribution is 9.09. The molecular formula is C14H16BrNO2. The van der Waals surface area contributed by atoms with Gasteiger partial charge in [-0.25, -0.2) is 4.79 Å². The third-order valence-corrected chi connectivity index (χ3v) is 3.25. The average Bonchev–Trinajstić information content (AvgIpc) is 2.71.